The highest BCUT2D eigenvalue weighted by Gasteiger charge is 2.17. The number of fused-ring (bicyclic) bond motifs is 1. The number of hydrogen-bond acceptors (Lipinski definition) is 1. The van der Waals surface area contributed by atoms with Gasteiger partial charge in [0.15, 0.2) is 0 Å². The van der Waals surface area contributed by atoms with Crippen molar-refractivity contribution in [2.24, 2.45) is 0 Å². The number of para-hydroxylation sites is 1. The van der Waals surface area contributed by atoms with E-state index in [9.17, 15) is 4.79 Å². The van der Waals surface area contributed by atoms with Gasteiger partial charge < -0.3 is 9.88 Å². The number of carbonyl (C=O) groups excluding carboxylic acids is 1. The molecule has 1 aromatic heterocycles. The van der Waals surface area contributed by atoms with E-state index >= 15 is 0 Å². The molecule has 1 aliphatic rings. The Bertz CT molecular complexity index is 630. The maximum absolute atomic E-state index is 11.1. The zero-order valence-corrected chi connectivity index (χ0v) is 10.6. The third kappa shape index (κ3) is 1.91. The van der Waals surface area contributed by atoms with Crippen LogP contribution in [0.25, 0.3) is 16.5 Å². The molecule has 1 aliphatic heterocycles. The van der Waals surface area contributed by atoms with E-state index < -0.39 is 0 Å². The summed E-state index contributed by atoms with van der Waals surface area (Å²) in [5.74, 6) is 0. The van der Waals surface area contributed by atoms with Gasteiger partial charge in [-0.1, -0.05) is 24.3 Å². The first kappa shape index (κ1) is 11.4. The molecule has 18 heavy (non-hydrogen) atoms. The quantitative estimate of drug-likeness (QED) is 0.617. The predicted molar refractivity (Wildman–Crippen MR) is 73.7 cm³/mol. The highest BCUT2D eigenvalue weighted by Crippen LogP contribution is 2.29. The smallest absolute Gasteiger partial charge is 0.316 e. The summed E-state index contributed by atoms with van der Waals surface area (Å²) in [7, 11) is 0. The van der Waals surface area contributed by atoms with Gasteiger partial charge in [0.1, 0.15) is 0 Å². The van der Waals surface area contributed by atoms with Crippen molar-refractivity contribution in [2.75, 3.05) is 13.1 Å². The van der Waals surface area contributed by atoms with Gasteiger partial charge in [-0.3, -0.25) is 4.79 Å². The number of halogens is 1. The van der Waals surface area contributed by atoms with Gasteiger partial charge in [0.2, 0.25) is 0 Å². The van der Waals surface area contributed by atoms with Crippen LogP contribution in [-0.4, -0.2) is 28.3 Å². The van der Waals surface area contributed by atoms with E-state index in [0.717, 1.165) is 11.9 Å². The van der Waals surface area contributed by atoms with Gasteiger partial charge in [0.05, 0.1) is 0 Å². The van der Waals surface area contributed by atoms with Gasteiger partial charge in [-0.2, -0.15) is 0 Å². The van der Waals surface area contributed by atoms with Crippen LogP contribution in [0, 0.1) is 0 Å². The SMILES string of the molecule is O=C(Cl)N1CC=C(c2c[nH]c3ccccc23)CC1. The minimum absolute atomic E-state index is 0.371. The van der Waals surface area contributed by atoms with Crippen LogP contribution in [0.2, 0.25) is 0 Å². The van der Waals surface area contributed by atoms with Gasteiger partial charge in [-0.05, 0) is 29.7 Å². The molecule has 3 rings (SSSR count). The molecule has 2 aromatic rings. The van der Waals surface area contributed by atoms with Crippen molar-refractivity contribution >= 4 is 33.4 Å². The Morgan fingerprint density at radius 3 is 2.89 bits per heavy atom. The van der Waals surface area contributed by atoms with Crippen molar-refractivity contribution in [1.82, 2.24) is 9.88 Å². The number of nitrogens with zero attached hydrogens (tertiary/aromatic N) is 1. The van der Waals surface area contributed by atoms with Crippen LogP contribution in [0.15, 0.2) is 36.5 Å². The predicted octanol–water partition coefficient (Wildman–Crippen LogP) is 3.62. The van der Waals surface area contributed by atoms with Crippen LogP contribution in [0.3, 0.4) is 0 Å². The lowest BCUT2D eigenvalue weighted by Crippen LogP contribution is -2.30. The fourth-order valence-electron chi connectivity index (χ4n) is 2.41. The molecule has 0 fully saturated rings. The Kier molecular flexibility index (Phi) is 2.84. The summed E-state index contributed by atoms with van der Waals surface area (Å²) in [4.78, 5) is 16.0. The second-order valence-electron chi connectivity index (χ2n) is 4.43. The molecule has 0 aliphatic carbocycles. The monoisotopic (exact) mass is 260 g/mol. The molecule has 92 valence electrons. The Morgan fingerprint density at radius 1 is 1.33 bits per heavy atom. The van der Waals surface area contributed by atoms with Crippen molar-refractivity contribution < 1.29 is 4.79 Å². The number of amides is 1. The van der Waals surface area contributed by atoms with E-state index in [2.05, 4.69) is 23.2 Å². The maximum atomic E-state index is 11.1. The first-order valence-electron chi connectivity index (χ1n) is 5.95. The van der Waals surface area contributed by atoms with Crippen molar-refractivity contribution in [3.8, 4) is 0 Å². The zero-order chi connectivity index (χ0) is 12.5. The van der Waals surface area contributed by atoms with E-state index in [1.165, 1.54) is 16.5 Å². The molecule has 0 spiro atoms. The van der Waals surface area contributed by atoms with Crippen LogP contribution in [0.1, 0.15) is 12.0 Å². The van der Waals surface area contributed by atoms with E-state index in [1.807, 2.05) is 18.3 Å². The normalized spacial score (nSPS) is 15.8. The molecule has 1 N–H and O–H groups in total. The van der Waals surface area contributed by atoms with Gasteiger partial charge in [-0.25, -0.2) is 0 Å². The Labute approximate surface area is 110 Å². The summed E-state index contributed by atoms with van der Waals surface area (Å²) >= 11 is 5.48. The lowest BCUT2D eigenvalue weighted by atomic mass is 9.99. The van der Waals surface area contributed by atoms with Crippen LogP contribution < -0.4 is 0 Å². The maximum Gasteiger partial charge on any atom is 0.316 e. The first-order chi connectivity index (χ1) is 8.75. The highest BCUT2D eigenvalue weighted by atomic mass is 35.5. The van der Waals surface area contributed by atoms with E-state index in [0.29, 0.717) is 13.1 Å². The van der Waals surface area contributed by atoms with Crippen molar-refractivity contribution in [2.45, 2.75) is 6.42 Å². The summed E-state index contributed by atoms with van der Waals surface area (Å²) in [5, 5.41) is 0.860. The fraction of sp³-hybridized carbons (Fsp3) is 0.214. The average molecular weight is 261 g/mol. The summed E-state index contributed by atoms with van der Waals surface area (Å²) in [6, 6.07) is 8.24. The lowest BCUT2D eigenvalue weighted by molar-refractivity contribution is 0.227. The lowest BCUT2D eigenvalue weighted by Gasteiger charge is -2.24. The summed E-state index contributed by atoms with van der Waals surface area (Å²) in [6.07, 6.45) is 4.97. The largest absolute Gasteiger partial charge is 0.361 e. The molecule has 1 amide bonds. The van der Waals surface area contributed by atoms with Gasteiger partial charge in [-0.15, -0.1) is 0 Å². The second kappa shape index (κ2) is 4.50. The number of carbonyl (C=O) groups is 1. The molecule has 3 nitrogen and oxygen atoms in total. The topological polar surface area (TPSA) is 36.1 Å². The molecule has 0 saturated carbocycles. The van der Waals surface area contributed by atoms with Crippen molar-refractivity contribution in [1.29, 1.82) is 0 Å². The molecule has 4 heteroatoms. The molecule has 2 heterocycles. The minimum atomic E-state index is -0.371. The number of aromatic nitrogens is 1. The Morgan fingerprint density at radius 2 is 2.17 bits per heavy atom. The van der Waals surface area contributed by atoms with Crippen LogP contribution >= 0.6 is 11.6 Å². The van der Waals surface area contributed by atoms with Gasteiger partial charge in [0, 0.05) is 35.8 Å². The summed E-state index contributed by atoms with van der Waals surface area (Å²) < 4.78 is 0. The average Bonchev–Trinajstić information content (AvgIpc) is 2.82. The molecule has 0 atom stereocenters. The Hall–Kier alpha value is -1.74. The van der Waals surface area contributed by atoms with Crippen LogP contribution in [-0.2, 0) is 0 Å². The van der Waals surface area contributed by atoms with E-state index in [-0.39, 0.29) is 5.37 Å². The van der Waals surface area contributed by atoms with E-state index in [4.69, 9.17) is 11.6 Å². The molecule has 0 bridgehead atoms. The molecule has 1 aromatic carbocycles. The standard InChI is InChI=1S/C14H13ClN2O/c15-14(18)17-7-5-10(6-8-17)12-9-16-13-4-2-1-3-11(12)13/h1-5,9,16H,6-8H2. The zero-order valence-electron chi connectivity index (χ0n) is 9.82. The Balaban J connectivity index is 1.94. The molecule has 0 unspecified atom stereocenters. The number of aromatic amines is 1. The molecule has 0 radical (unpaired) electrons. The summed E-state index contributed by atoms with van der Waals surface area (Å²) in [5.41, 5.74) is 3.65. The number of rotatable bonds is 1. The minimum Gasteiger partial charge on any atom is -0.361 e. The number of hydrogen-bond donors (Lipinski definition) is 1. The molecule has 0 saturated heterocycles. The number of H-pyrrole nitrogens is 1. The van der Waals surface area contributed by atoms with Crippen molar-refractivity contribution in [3.63, 3.8) is 0 Å². The van der Waals surface area contributed by atoms with Crippen molar-refractivity contribution in [3.05, 3.63) is 42.1 Å². The van der Waals surface area contributed by atoms with Gasteiger partial charge >= 0.3 is 5.37 Å². The third-order valence-electron chi connectivity index (χ3n) is 3.39. The third-order valence-corrected chi connectivity index (χ3v) is 3.63. The molecular formula is C14H13ClN2O. The second-order valence-corrected chi connectivity index (χ2v) is 4.75. The number of nitrogens with one attached hydrogen (secondary N) is 1. The van der Waals surface area contributed by atoms with Crippen LogP contribution in [0.5, 0.6) is 0 Å². The van der Waals surface area contributed by atoms with E-state index in [1.54, 1.807) is 4.90 Å². The fourth-order valence-corrected chi connectivity index (χ4v) is 2.56. The first-order valence-corrected chi connectivity index (χ1v) is 6.33. The van der Waals surface area contributed by atoms with Crippen LogP contribution in [0.4, 0.5) is 4.79 Å². The van der Waals surface area contributed by atoms with Gasteiger partial charge in [0.25, 0.3) is 0 Å². The number of benzene rings is 1. The summed E-state index contributed by atoms with van der Waals surface area (Å²) in [6.45, 7) is 1.28. The molecular weight excluding hydrogens is 248 g/mol. The highest BCUT2D eigenvalue weighted by molar-refractivity contribution is 6.62.